The third kappa shape index (κ3) is 3.60. The Morgan fingerprint density at radius 3 is 2.62 bits per heavy atom. The van der Waals surface area contributed by atoms with Gasteiger partial charge in [0.15, 0.2) is 11.7 Å². The van der Waals surface area contributed by atoms with E-state index in [0.29, 0.717) is 33.4 Å². The highest BCUT2D eigenvalue weighted by molar-refractivity contribution is 7.14. The van der Waals surface area contributed by atoms with Crippen LogP contribution in [-0.4, -0.2) is 46.7 Å². The second-order valence-electron chi connectivity index (χ2n) is 7.19. The minimum atomic E-state index is -0.390. The van der Waals surface area contributed by atoms with E-state index in [9.17, 15) is 19.2 Å². The van der Waals surface area contributed by atoms with E-state index in [0.717, 1.165) is 10.5 Å². The van der Waals surface area contributed by atoms with Crippen LogP contribution in [0.15, 0.2) is 47.8 Å². The van der Waals surface area contributed by atoms with Gasteiger partial charge in [0.2, 0.25) is 5.91 Å². The van der Waals surface area contributed by atoms with Gasteiger partial charge in [-0.25, -0.2) is 4.98 Å². The van der Waals surface area contributed by atoms with E-state index in [1.54, 1.807) is 41.8 Å². The van der Waals surface area contributed by atoms with Crippen LogP contribution < -0.4 is 15.4 Å². The molecular weight excluding hydrogens is 432 g/mol. The summed E-state index contributed by atoms with van der Waals surface area (Å²) in [7, 11) is 0. The molecule has 9 nitrogen and oxygen atoms in total. The van der Waals surface area contributed by atoms with Gasteiger partial charge >= 0.3 is 0 Å². The van der Waals surface area contributed by atoms with Crippen LogP contribution in [0.25, 0.3) is 11.3 Å². The largest absolute Gasteiger partial charge is 0.482 e. The van der Waals surface area contributed by atoms with Crippen LogP contribution in [-0.2, 0) is 9.59 Å². The molecule has 0 spiro atoms. The Balaban J connectivity index is 1.22. The van der Waals surface area contributed by atoms with E-state index in [-0.39, 0.29) is 31.4 Å². The van der Waals surface area contributed by atoms with Crippen molar-refractivity contribution in [3.8, 4) is 17.0 Å². The Labute approximate surface area is 186 Å². The van der Waals surface area contributed by atoms with E-state index >= 15 is 0 Å². The van der Waals surface area contributed by atoms with Crippen molar-refractivity contribution in [2.45, 2.75) is 6.42 Å². The molecule has 0 aliphatic carbocycles. The maximum atomic E-state index is 12.4. The van der Waals surface area contributed by atoms with Gasteiger partial charge in [-0.1, -0.05) is 12.1 Å². The zero-order chi connectivity index (χ0) is 22.2. The van der Waals surface area contributed by atoms with Crippen molar-refractivity contribution in [2.75, 3.05) is 23.8 Å². The van der Waals surface area contributed by atoms with Gasteiger partial charge in [0.05, 0.1) is 22.5 Å². The summed E-state index contributed by atoms with van der Waals surface area (Å²) < 4.78 is 5.35. The van der Waals surface area contributed by atoms with Gasteiger partial charge < -0.3 is 15.4 Å². The molecule has 0 bridgehead atoms. The predicted octanol–water partition coefficient (Wildman–Crippen LogP) is 2.77. The maximum absolute atomic E-state index is 12.4. The summed E-state index contributed by atoms with van der Waals surface area (Å²) in [5, 5.41) is 7.63. The number of nitrogens with one attached hydrogen (secondary N) is 2. The molecule has 4 amide bonds. The van der Waals surface area contributed by atoms with E-state index in [1.165, 1.54) is 11.3 Å². The van der Waals surface area contributed by atoms with Gasteiger partial charge in [0.1, 0.15) is 5.75 Å². The first-order valence-electron chi connectivity index (χ1n) is 9.77. The molecule has 1 aromatic heterocycles. The molecule has 0 fully saturated rings. The van der Waals surface area contributed by atoms with E-state index < -0.39 is 11.8 Å². The van der Waals surface area contributed by atoms with E-state index in [4.69, 9.17) is 4.74 Å². The molecule has 0 atom stereocenters. The number of hydrogen-bond acceptors (Lipinski definition) is 7. The van der Waals surface area contributed by atoms with Gasteiger partial charge in [-0.2, -0.15) is 0 Å². The summed E-state index contributed by atoms with van der Waals surface area (Å²) >= 11 is 1.25. The molecule has 10 heteroatoms. The number of anilines is 2. The van der Waals surface area contributed by atoms with Crippen LogP contribution in [0.3, 0.4) is 0 Å². The lowest BCUT2D eigenvalue weighted by Crippen LogP contribution is -2.32. The zero-order valence-corrected chi connectivity index (χ0v) is 17.4. The number of carbonyl (C=O) groups excluding carboxylic acids is 4. The third-order valence-corrected chi connectivity index (χ3v) is 5.86. The summed E-state index contributed by atoms with van der Waals surface area (Å²) in [6, 6.07) is 11.9. The lowest BCUT2D eigenvalue weighted by Gasteiger charge is -2.18. The molecule has 2 aromatic carbocycles. The van der Waals surface area contributed by atoms with Crippen LogP contribution in [0, 0.1) is 0 Å². The Morgan fingerprint density at radius 2 is 1.88 bits per heavy atom. The average Bonchev–Trinajstić information content (AvgIpc) is 3.35. The quantitative estimate of drug-likeness (QED) is 0.580. The topological polar surface area (TPSA) is 118 Å². The van der Waals surface area contributed by atoms with Gasteiger partial charge in [0, 0.05) is 23.9 Å². The maximum Gasteiger partial charge on any atom is 0.262 e. The first-order valence-corrected chi connectivity index (χ1v) is 10.7. The Morgan fingerprint density at radius 1 is 1.12 bits per heavy atom. The molecule has 0 radical (unpaired) electrons. The summed E-state index contributed by atoms with van der Waals surface area (Å²) in [6.07, 6.45) is -0.0391. The average molecular weight is 448 g/mol. The highest BCUT2D eigenvalue weighted by Crippen LogP contribution is 2.33. The molecular formula is C22H16N4O5S. The van der Waals surface area contributed by atoms with Crippen LogP contribution in [0.1, 0.15) is 27.1 Å². The molecule has 160 valence electrons. The molecule has 3 heterocycles. The number of aromatic nitrogens is 1. The van der Waals surface area contributed by atoms with Gasteiger partial charge in [-0.3, -0.25) is 24.1 Å². The fraction of sp³-hybridized carbons (Fsp3) is 0.136. The summed E-state index contributed by atoms with van der Waals surface area (Å²) in [5.74, 6) is -0.769. The van der Waals surface area contributed by atoms with E-state index in [1.807, 2.05) is 6.07 Å². The van der Waals surface area contributed by atoms with Crippen LogP contribution in [0.2, 0.25) is 0 Å². The van der Waals surface area contributed by atoms with Crippen molar-refractivity contribution < 1.29 is 23.9 Å². The smallest absolute Gasteiger partial charge is 0.262 e. The molecule has 2 aliphatic heterocycles. The van der Waals surface area contributed by atoms with Crippen molar-refractivity contribution in [2.24, 2.45) is 0 Å². The number of rotatable bonds is 5. The molecule has 5 rings (SSSR count). The van der Waals surface area contributed by atoms with Crippen molar-refractivity contribution in [3.05, 3.63) is 59.0 Å². The molecule has 2 aliphatic rings. The fourth-order valence-electron chi connectivity index (χ4n) is 3.54. The number of ether oxygens (including phenoxy) is 1. The molecule has 0 saturated heterocycles. The number of hydrogen-bond donors (Lipinski definition) is 2. The fourth-order valence-corrected chi connectivity index (χ4v) is 4.28. The molecule has 2 N–H and O–H groups in total. The molecule has 32 heavy (non-hydrogen) atoms. The number of carbonyl (C=O) groups is 4. The lowest BCUT2D eigenvalue weighted by molar-refractivity contribution is -0.118. The Kier molecular flexibility index (Phi) is 4.91. The number of nitrogens with zero attached hydrogens (tertiary/aromatic N) is 2. The predicted molar refractivity (Wildman–Crippen MR) is 117 cm³/mol. The summed E-state index contributed by atoms with van der Waals surface area (Å²) in [4.78, 5) is 54.2. The van der Waals surface area contributed by atoms with Crippen molar-refractivity contribution in [1.82, 2.24) is 9.88 Å². The Bertz CT molecular complexity index is 1250. The highest BCUT2D eigenvalue weighted by atomic mass is 32.1. The number of fused-ring (bicyclic) bond motifs is 2. The van der Waals surface area contributed by atoms with Gasteiger partial charge in [-0.15, -0.1) is 11.3 Å². The van der Waals surface area contributed by atoms with E-state index in [2.05, 4.69) is 15.6 Å². The third-order valence-electron chi connectivity index (χ3n) is 5.10. The minimum Gasteiger partial charge on any atom is -0.482 e. The standard InChI is InChI=1S/C22H16N4O5S/c27-18(7-8-26-20(29)13-3-1-2-4-14(13)21(26)30)25-22-24-16(11-32-22)12-5-6-17-15(9-12)23-19(28)10-31-17/h1-6,9,11H,7-8,10H2,(H,23,28)(H,24,25,27). The van der Waals surface area contributed by atoms with Crippen molar-refractivity contribution >= 4 is 45.8 Å². The van der Waals surface area contributed by atoms with Crippen LogP contribution >= 0.6 is 11.3 Å². The SMILES string of the molecule is O=C(CCN1C(=O)c2ccccc2C1=O)Nc1nc(-c2ccc3c(c2)NC(=O)CO3)cs1. The monoisotopic (exact) mass is 448 g/mol. The second-order valence-corrected chi connectivity index (χ2v) is 8.05. The normalized spacial score (nSPS) is 14.5. The van der Waals surface area contributed by atoms with Gasteiger partial charge in [0.25, 0.3) is 17.7 Å². The lowest BCUT2D eigenvalue weighted by atomic mass is 10.1. The highest BCUT2D eigenvalue weighted by Gasteiger charge is 2.35. The molecule has 0 saturated carbocycles. The molecule has 0 unspecified atom stereocenters. The number of thiazole rings is 1. The summed E-state index contributed by atoms with van der Waals surface area (Å²) in [6.45, 7) is -0.0269. The first-order chi connectivity index (χ1) is 15.5. The first kappa shape index (κ1) is 19.9. The Hall–Kier alpha value is -4.05. The zero-order valence-electron chi connectivity index (χ0n) is 16.6. The van der Waals surface area contributed by atoms with Crippen molar-refractivity contribution in [3.63, 3.8) is 0 Å². The summed E-state index contributed by atoms with van der Waals surface area (Å²) in [5.41, 5.74) is 2.67. The van der Waals surface area contributed by atoms with Gasteiger partial charge in [-0.05, 0) is 30.3 Å². The molecule has 3 aromatic rings. The van der Waals surface area contributed by atoms with Crippen molar-refractivity contribution in [1.29, 1.82) is 0 Å². The van der Waals surface area contributed by atoms with Crippen LogP contribution in [0.4, 0.5) is 10.8 Å². The number of amides is 4. The number of imide groups is 1. The minimum absolute atomic E-state index is 0.0130. The second kappa shape index (κ2) is 7.89. The van der Waals surface area contributed by atoms with Crippen LogP contribution in [0.5, 0.6) is 5.75 Å². The number of benzene rings is 2.